The van der Waals surface area contributed by atoms with Gasteiger partial charge in [0.1, 0.15) is 5.75 Å². The molecule has 2 heterocycles. The van der Waals surface area contributed by atoms with Crippen LogP contribution in [-0.2, 0) is 13.1 Å². The van der Waals surface area contributed by atoms with Crippen molar-refractivity contribution in [3.8, 4) is 5.75 Å². The van der Waals surface area contributed by atoms with Crippen LogP contribution in [0.15, 0.2) is 30.3 Å². The predicted octanol–water partition coefficient (Wildman–Crippen LogP) is 3.30. The Morgan fingerprint density at radius 2 is 2.20 bits per heavy atom. The van der Waals surface area contributed by atoms with E-state index >= 15 is 0 Å². The van der Waals surface area contributed by atoms with Gasteiger partial charge in [-0.3, -0.25) is 0 Å². The predicted molar refractivity (Wildman–Crippen MR) is 84.6 cm³/mol. The number of hydrogen-bond acceptors (Lipinski definition) is 4. The smallest absolute Gasteiger partial charge is 0.142 e. The first-order valence-corrected chi connectivity index (χ1v) is 7.84. The number of ether oxygens (including phenoxy) is 1. The lowest BCUT2D eigenvalue weighted by Crippen LogP contribution is -2.23. The maximum Gasteiger partial charge on any atom is 0.142 e. The zero-order chi connectivity index (χ0) is 13.9. The number of benzene rings is 1. The Morgan fingerprint density at radius 3 is 3.00 bits per heavy atom. The highest BCUT2D eigenvalue weighted by molar-refractivity contribution is 7.12. The summed E-state index contributed by atoms with van der Waals surface area (Å²) in [6, 6.07) is 10.6. The van der Waals surface area contributed by atoms with Crippen molar-refractivity contribution < 1.29 is 4.74 Å². The van der Waals surface area contributed by atoms with E-state index in [1.54, 1.807) is 11.3 Å². The largest absolute Gasteiger partial charge is 0.491 e. The molecule has 0 spiro atoms. The molecule has 0 amide bonds. The van der Waals surface area contributed by atoms with Crippen LogP contribution in [0.2, 0.25) is 0 Å². The molecule has 1 aromatic carbocycles. The molecule has 0 atom stereocenters. The van der Waals surface area contributed by atoms with Crippen molar-refractivity contribution in [1.29, 1.82) is 0 Å². The summed E-state index contributed by atoms with van der Waals surface area (Å²) in [7, 11) is 0. The van der Waals surface area contributed by atoms with Crippen LogP contribution >= 0.6 is 11.3 Å². The van der Waals surface area contributed by atoms with Crippen molar-refractivity contribution in [3.05, 3.63) is 45.6 Å². The van der Waals surface area contributed by atoms with E-state index in [2.05, 4.69) is 36.1 Å². The van der Waals surface area contributed by atoms with E-state index < -0.39 is 0 Å². The van der Waals surface area contributed by atoms with Crippen LogP contribution in [0.5, 0.6) is 5.75 Å². The van der Waals surface area contributed by atoms with Gasteiger partial charge in [0.05, 0.1) is 12.3 Å². The highest BCUT2D eigenvalue weighted by atomic mass is 32.1. The van der Waals surface area contributed by atoms with E-state index in [9.17, 15) is 0 Å². The molecule has 106 valence electrons. The average molecular weight is 288 g/mol. The topological polar surface area (TPSA) is 38.5 Å². The van der Waals surface area contributed by atoms with Gasteiger partial charge in [-0.2, -0.15) is 0 Å². The van der Waals surface area contributed by atoms with Crippen LogP contribution in [-0.4, -0.2) is 13.2 Å². The lowest BCUT2D eigenvalue weighted by Gasteiger charge is -2.23. The fourth-order valence-electron chi connectivity index (χ4n) is 2.61. The summed E-state index contributed by atoms with van der Waals surface area (Å²) in [4.78, 5) is 5.04. The zero-order valence-electron chi connectivity index (χ0n) is 11.8. The van der Waals surface area contributed by atoms with E-state index in [-0.39, 0.29) is 0 Å². The number of fused-ring (bicyclic) bond motifs is 1. The number of rotatable bonds is 3. The first-order chi connectivity index (χ1) is 9.78. The van der Waals surface area contributed by atoms with Gasteiger partial charge < -0.3 is 15.4 Å². The molecule has 0 aliphatic carbocycles. The van der Waals surface area contributed by atoms with Crippen molar-refractivity contribution in [2.24, 2.45) is 5.73 Å². The first-order valence-electron chi connectivity index (χ1n) is 7.03. The van der Waals surface area contributed by atoms with Crippen molar-refractivity contribution in [1.82, 2.24) is 0 Å². The number of nitrogens with zero attached hydrogens (tertiary/aromatic N) is 1. The standard InChI is InChI=1S/C16H20N2OS/c1-12-13(9-14(10-17)20-12)11-18-7-4-8-19-16-6-3-2-5-15(16)18/h2-3,5-6,9H,4,7-8,10-11,17H2,1H3. The van der Waals surface area contributed by atoms with E-state index in [0.29, 0.717) is 6.54 Å². The molecule has 0 unspecified atom stereocenters. The number of nitrogens with two attached hydrogens (primary N) is 1. The van der Waals surface area contributed by atoms with Crippen molar-refractivity contribution in [3.63, 3.8) is 0 Å². The Hall–Kier alpha value is -1.52. The molecule has 3 rings (SSSR count). The van der Waals surface area contributed by atoms with Gasteiger partial charge in [0.15, 0.2) is 0 Å². The third-order valence-electron chi connectivity index (χ3n) is 3.67. The third-order valence-corrected chi connectivity index (χ3v) is 4.78. The maximum absolute atomic E-state index is 5.81. The molecule has 0 bridgehead atoms. The monoisotopic (exact) mass is 288 g/mol. The minimum Gasteiger partial charge on any atom is -0.491 e. The summed E-state index contributed by atoms with van der Waals surface area (Å²) in [6.07, 6.45) is 1.06. The molecule has 4 heteroatoms. The number of aryl methyl sites for hydroxylation is 1. The number of hydrogen-bond donors (Lipinski definition) is 1. The van der Waals surface area contributed by atoms with Crippen molar-refractivity contribution >= 4 is 17.0 Å². The number of anilines is 1. The van der Waals surface area contributed by atoms with Crippen LogP contribution in [0.1, 0.15) is 21.7 Å². The van der Waals surface area contributed by atoms with Gasteiger partial charge in [-0.15, -0.1) is 11.3 Å². The molecule has 2 N–H and O–H groups in total. The Morgan fingerprint density at radius 1 is 1.35 bits per heavy atom. The molecule has 2 aromatic rings. The SMILES string of the molecule is Cc1sc(CN)cc1CN1CCCOc2ccccc21. The minimum absolute atomic E-state index is 0.630. The molecular formula is C16H20N2OS. The maximum atomic E-state index is 5.81. The second-order valence-electron chi connectivity index (χ2n) is 5.09. The van der Waals surface area contributed by atoms with Gasteiger partial charge in [0, 0.05) is 29.4 Å². The summed E-state index contributed by atoms with van der Waals surface area (Å²) in [5.74, 6) is 0.997. The fourth-order valence-corrected chi connectivity index (χ4v) is 3.55. The summed E-state index contributed by atoms with van der Waals surface area (Å²) in [5.41, 5.74) is 8.32. The second kappa shape index (κ2) is 5.85. The Bertz CT molecular complexity index is 594. The van der Waals surface area contributed by atoms with Gasteiger partial charge in [0.25, 0.3) is 0 Å². The van der Waals surface area contributed by atoms with Crippen molar-refractivity contribution in [2.45, 2.75) is 26.4 Å². The van der Waals surface area contributed by atoms with Crippen molar-refractivity contribution in [2.75, 3.05) is 18.1 Å². The van der Waals surface area contributed by atoms with Gasteiger partial charge in [-0.05, 0) is 37.1 Å². The third kappa shape index (κ3) is 2.67. The highest BCUT2D eigenvalue weighted by Gasteiger charge is 2.17. The van der Waals surface area contributed by atoms with Gasteiger partial charge in [-0.25, -0.2) is 0 Å². The number of thiophene rings is 1. The molecule has 0 radical (unpaired) electrons. The van der Waals surface area contributed by atoms with E-state index in [0.717, 1.165) is 31.9 Å². The molecule has 0 saturated carbocycles. The van der Waals surface area contributed by atoms with E-state index in [1.165, 1.54) is 21.0 Å². The van der Waals surface area contributed by atoms with Gasteiger partial charge in [-0.1, -0.05) is 12.1 Å². The lowest BCUT2D eigenvalue weighted by molar-refractivity contribution is 0.322. The molecule has 0 saturated heterocycles. The molecular weight excluding hydrogens is 268 g/mol. The molecule has 1 aromatic heterocycles. The molecule has 20 heavy (non-hydrogen) atoms. The Labute approximate surface area is 124 Å². The highest BCUT2D eigenvalue weighted by Crippen LogP contribution is 2.33. The normalized spacial score (nSPS) is 14.6. The summed E-state index contributed by atoms with van der Waals surface area (Å²) in [6.45, 7) is 5.57. The Kier molecular flexibility index (Phi) is 3.94. The minimum atomic E-state index is 0.630. The zero-order valence-corrected chi connectivity index (χ0v) is 12.6. The second-order valence-corrected chi connectivity index (χ2v) is 6.43. The molecule has 0 fully saturated rings. The summed E-state index contributed by atoms with van der Waals surface area (Å²) >= 11 is 1.81. The Balaban J connectivity index is 1.88. The van der Waals surface area contributed by atoms with Gasteiger partial charge in [0.2, 0.25) is 0 Å². The lowest BCUT2D eigenvalue weighted by atomic mass is 10.2. The molecule has 1 aliphatic rings. The van der Waals surface area contributed by atoms with E-state index in [1.807, 2.05) is 6.07 Å². The fraction of sp³-hybridized carbons (Fsp3) is 0.375. The number of para-hydroxylation sites is 2. The average Bonchev–Trinajstić information content (AvgIpc) is 2.70. The molecule has 3 nitrogen and oxygen atoms in total. The van der Waals surface area contributed by atoms with Crippen LogP contribution in [0.3, 0.4) is 0 Å². The van der Waals surface area contributed by atoms with Gasteiger partial charge >= 0.3 is 0 Å². The summed E-state index contributed by atoms with van der Waals surface area (Å²) in [5, 5.41) is 0. The quantitative estimate of drug-likeness (QED) is 0.941. The van der Waals surface area contributed by atoms with Crippen LogP contribution in [0.25, 0.3) is 0 Å². The summed E-state index contributed by atoms with van der Waals surface area (Å²) < 4.78 is 5.81. The van der Waals surface area contributed by atoms with E-state index in [4.69, 9.17) is 10.5 Å². The molecule has 1 aliphatic heterocycles. The van der Waals surface area contributed by atoms with Crippen LogP contribution in [0, 0.1) is 6.92 Å². The first kappa shape index (κ1) is 13.5. The van der Waals surface area contributed by atoms with Crippen LogP contribution < -0.4 is 15.4 Å². The van der Waals surface area contributed by atoms with Crippen LogP contribution in [0.4, 0.5) is 5.69 Å².